The maximum Gasteiger partial charge on any atom is 0.336 e. The minimum Gasteiger partial charge on any atom is -0.456 e. The highest BCUT2D eigenvalue weighted by Crippen LogP contribution is 2.42. The summed E-state index contributed by atoms with van der Waals surface area (Å²) in [7, 11) is 0. The zero-order valence-electron chi connectivity index (χ0n) is 10.9. The van der Waals surface area contributed by atoms with Gasteiger partial charge in [0.1, 0.15) is 6.61 Å². The first kappa shape index (κ1) is 12.6. The van der Waals surface area contributed by atoms with Crippen LogP contribution in [0.4, 0.5) is 0 Å². The van der Waals surface area contributed by atoms with Gasteiger partial charge in [0, 0.05) is 0 Å². The molecular weight excluding hydrogens is 248 g/mol. The summed E-state index contributed by atoms with van der Waals surface area (Å²) < 4.78 is 4.95. The van der Waals surface area contributed by atoms with Crippen LogP contribution in [0.2, 0.25) is 0 Å². The van der Waals surface area contributed by atoms with E-state index >= 15 is 0 Å². The average molecular weight is 266 g/mol. The molecule has 1 unspecified atom stereocenters. The molecular formula is C13H18N2O4. The molecule has 3 heterocycles. The van der Waals surface area contributed by atoms with E-state index in [1.807, 2.05) is 0 Å². The van der Waals surface area contributed by atoms with Crippen molar-refractivity contribution in [1.29, 1.82) is 0 Å². The summed E-state index contributed by atoms with van der Waals surface area (Å²) in [5.41, 5.74) is 0.417. The van der Waals surface area contributed by atoms with Crippen LogP contribution in [-0.2, 0) is 14.3 Å². The van der Waals surface area contributed by atoms with Gasteiger partial charge < -0.3 is 20.1 Å². The number of likely N-dealkylation sites (tertiary alicyclic amines) is 1. The topological polar surface area (TPSA) is 78.9 Å². The third-order valence-corrected chi connectivity index (χ3v) is 4.57. The number of aliphatic hydroxyl groups excluding tert-OH is 1. The average Bonchev–Trinajstić information content (AvgIpc) is 2.86. The molecule has 1 amide bonds. The number of carbonyl (C=O) groups is 2. The number of aliphatic hydroxyl groups is 1. The summed E-state index contributed by atoms with van der Waals surface area (Å²) in [4.78, 5) is 25.6. The highest BCUT2D eigenvalue weighted by atomic mass is 16.5. The van der Waals surface area contributed by atoms with Crippen molar-refractivity contribution in [2.75, 3.05) is 26.2 Å². The molecule has 3 rings (SSSR count). The maximum absolute atomic E-state index is 12.7. The zero-order chi connectivity index (χ0) is 13.6. The first-order chi connectivity index (χ1) is 9.06. The first-order valence-electron chi connectivity index (χ1n) is 6.64. The smallest absolute Gasteiger partial charge is 0.336 e. The van der Waals surface area contributed by atoms with E-state index in [0.717, 1.165) is 13.1 Å². The summed E-state index contributed by atoms with van der Waals surface area (Å²) >= 11 is 0. The van der Waals surface area contributed by atoms with Crippen LogP contribution in [0.25, 0.3) is 0 Å². The molecule has 2 saturated heterocycles. The van der Waals surface area contributed by atoms with Crippen molar-refractivity contribution in [3.63, 3.8) is 0 Å². The third-order valence-electron chi connectivity index (χ3n) is 4.57. The highest BCUT2D eigenvalue weighted by molar-refractivity contribution is 5.94. The summed E-state index contributed by atoms with van der Waals surface area (Å²) in [5, 5.41) is 13.5. The van der Waals surface area contributed by atoms with Crippen LogP contribution >= 0.6 is 0 Å². The van der Waals surface area contributed by atoms with Gasteiger partial charge in [-0.25, -0.2) is 4.79 Å². The Kier molecular flexibility index (Phi) is 2.87. The molecule has 3 aliphatic rings. The minimum absolute atomic E-state index is 0.0610. The van der Waals surface area contributed by atoms with Crippen molar-refractivity contribution in [1.82, 2.24) is 10.2 Å². The molecule has 0 aromatic heterocycles. The monoisotopic (exact) mass is 266 g/mol. The Morgan fingerprint density at radius 2 is 2.05 bits per heavy atom. The second kappa shape index (κ2) is 4.31. The van der Waals surface area contributed by atoms with Gasteiger partial charge in [-0.15, -0.1) is 0 Å². The Labute approximate surface area is 111 Å². The Balaban J connectivity index is 1.91. The van der Waals surface area contributed by atoms with Crippen LogP contribution in [-0.4, -0.2) is 54.2 Å². The molecule has 0 saturated carbocycles. The van der Waals surface area contributed by atoms with Crippen molar-refractivity contribution < 1.29 is 19.4 Å². The molecule has 19 heavy (non-hydrogen) atoms. The van der Waals surface area contributed by atoms with Gasteiger partial charge in [0.05, 0.1) is 29.3 Å². The fourth-order valence-corrected chi connectivity index (χ4v) is 3.24. The third kappa shape index (κ3) is 1.70. The van der Waals surface area contributed by atoms with Gasteiger partial charge in [-0.2, -0.15) is 0 Å². The molecule has 104 valence electrons. The van der Waals surface area contributed by atoms with Gasteiger partial charge in [0.2, 0.25) is 5.91 Å². The number of hydrogen-bond donors (Lipinski definition) is 2. The van der Waals surface area contributed by atoms with Crippen LogP contribution in [0.5, 0.6) is 0 Å². The highest BCUT2D eigenvalue weighted by Gasteiger charge is 2.55. The number of rotatable bonds is 1. The summed E-state index contributed by atoms with van der Waals surface area (Å²) in [6.07, 6.45) is 0.619. The van der Waals surface area contributed by atoms with Crippen LogP contribution in [0.1, 0.15) is 19.8 Å². The SMILES string of the molecule is CC1=C(N2CC(O)C3(CCNCC3)C2=O)COC1=O. The van der Waals surface area contributed by atoms with Crippen molar-refractivity contribution in [2.24, 2.45) is 5.41 Å². The van der Waals surface area contributed by atoms with Crippen molar-refractivity contribution in [3.05, 3.63) is 11.3 Å². The fourth-order valence-electron chi connectivity index (χ4n) is 3.24. The molecule has 0 aromatic carbocycles. The van der Waals surface area contributed by atoms with Gasteiger partial charge in [0.15, 0.2) is 0 Å². The number of nitrogens with one attached hydrogen (secondary N) is 1. The lowest BCUT2D eigenvalue weighted by Gasteiger charge is -2.34. The molecule has 2 N–H and O–H groups in total. The Morgan fingerprint density at radius 3 is 2.63 bits per heavy atom. The Bertz CT molecular complexity index is 465. The molecule has 0 aliphatic carbocycles. The van der Waals surface area contributed by atoms with E-state index in [1.54, 1.807) is 11.8 Å². The van der Waals surface area contributed by atoms with Gasteiger partial charge in [0.25, 0.3) is 0 Å². The summed E-state index contributed by atoms with van der Waals surface area (Å²) in [6.45, 7) is 3.55. The number of β-amino-alcohol motifs (C(OH)–C–C–N with tert-alkyl or cyclic N) is 1. The van der Waals surface area contributed by atoms with Gasteiger partial charge in [-0.05, 0) is 32.9 Å². The second-order valence-electron chi connectivity index (χ2n) is 5.49. The molecule has 1 atom stereocenters. The Morgan fingerprint density at radius 1 is 1.37 bits per heavy atom. The number of ether oxygens (including phenoxy) is 1. The van der Waals surface area contributed by atoms with E-state index in [2.05, 4.69) is 5.32 Å². The molecule has 0 aromatic rings. The lowest BCUT2D eigenvalue weighted by Crippen LogP contribution is -2.47. The first-order valence-corrected chi connectivity index (χ1v) is 6.64. The molecule has 0 bridgehead atoms. The van der Waals surface area contributed by atoms with E-state index < -0.39 is 11.5 Å². The van der Waals surface area contributed by atoms with Crippen molar-refractivity contribution in [2.45, 2.75) is 25.9 Å². The fraction of sp³-hybridized carbons (Fsp3) is 0.692. The number of hydrogen-bond acceptors (Lipinski definition) is 5. The standard InChI is InChI=1S/C13H18N2O4/c1-8-9(7-19-11(8)17)15-6-10(16)13(12(15)18)2-4-14-5-3-13/h10,14,16H,2-7H2,1H3. The van der Waals surface area contributed by atoms with Crippen LogP contribution in [0, 0.1) is 5.41 Å². The predicted molar refractivity (Wildman–Crippen MR) is 65.9 cm³/mol. The number of piperidine rings is 1. The zero-order valence-corrected chi connectivity index (χ0v) is 10.9. The maximum atomic E-state index is 12.7. The van der Waals surface area contributed by atoms with Crippen LogP contribution in [0.15, 0.2) is 11.3 Å². The molecule has 6 heteroatoms. The predicted octanol–water partition coefficient (Wildman–Crippen LogP) is -0.610. The molecule has 1 spiro atoms. The lowest BCUT2D eigenvalue weighted by atomic mass is 9.76. The quantitative estimate of drug-likeness (QED) is 0.619. The van der Waals surface area contributed by atoms with Crippen molar-refractivity contribution in [3.8, 4) is 0 Å². The summed E-state index contributed by atoms with van der Waals surface area (Å²) in [6, 6.07) is 0. The van der Waals surface area contributed by atoms with Gasteiger partial charge in [-0.3, -0.25) is 4.79 Å². The minimum atomic E-state index is -0.676. The number of esters is 1. The van der Waals surface area contributed by atoms with Crippen molar-refractivity contribution >= 4 is 11.9 Å². The van der Waals surface area contributed by atoms with Crippen LogP contribution in [0.3, 0.4) is 0 Å². The van der Waals surface area contributed by atoms with E-state index in [9.17, 15) is 14.7 Å². The normalized spacial score (nSPS) is 30.4. The van der Waals surface area contributed by atoms with E-state index in [-0.39, 0.29) is 25.0 Å². The van der Waals surface area contributed by atoms with Crippen LogP contribution < -0.4 is 5.32 Å². The number of cyclic esters (lactones) is 1. The van der Waals surface area contributed by atoms with Gasteiger partial charge >= 0.3 is 5.97 Å². The van der Waals surface area contributed by atoms with E-state index in [0.29, 0.717) is 24.1 Å². The van der Waals surface area contributed by atoms with E-state index in [4.69, 9.17) is 4.74 Å². The lowest BCUT2D eigenvalue weighted by molar-refractivity contribution is -0.139. The number of nitrogens with zero attached hydrogens (tertiary/aromatic N) is 1. The second-order valence-corrected chi connectivity index (χ2v) is 5.49. The molecule has 2 fully saturated rings. The summed E-state index contributed by atoms with van der Waals surface area (Å²) in [5.74, 6) is -0.433. The molecule has 0 radical (unpaired) electrons. The number of amides is 1. The van der Waals surface area contributed by atoms with E-state index in [1.165, 1.54) is 0 Å². The van der Waals surface area contributed by atoms with Gasteiger partial charge in [-0.1, -0.05) is 0 Å². The largest absolute Gasteiger partial charge is 0.456 e. The molecule has 3 aliphatic heterocycles. The Hall–Kier alpha value is -1.40. The number of carbonyl (C=O) groups excluding carboxylic acids is 2. The molecule has 6 nitrogen and oxygen atoms in total.